The Hall–Kier alpha value is -2.68. The quantitative estimate of drug-likeness (QED) is 0.572. The summed E-state index contributed by atoms with van der Waals surface area (Å²) in [5, 5.41) is 15.1. The van der Waals surface area contributed by atoms with Crippen LogP contribution < -0.4 is 10.6 Å². The molecule has 3 amide bonds. The second kappa shape index (κ2) is 10.7. The number of aryl methyl sites for hydroxylation is 1. The van der Waals surface area contributed by atoms with E-state index in [2.05, 4.69) is 22.5 Å². The van der Waals surface area contributed by atoms with E-state index >= 15 is 0 Å². The van der Waals surface area contributed by atoms with E-state index in [4.69, 9.17) is 4.74 Å². The van der Waals surface area contributed by atoms with Crippen LogP contribution in [0, 0.1) is 18.8 Å². The van der Waals surface area contributed by atoms with Crippen molar-refractivity contribution in [1.29, 1.82) is 0 Å². The molecule has 9 nitrogen and oxygen atoms in total. The summed E-state index contributed by atoms with van der Waals surface area (Å²) in [7, 11) is 0. The zero-order chi connectivity index (χ0) is 25.0. The number of aliphatic hydroxyl groups excluding tert-OH is 1. The average Bonchev–Trinajstić information content (AvgIpc) is 2.74. The molecule has 0 spiro atoms. The molecule has 188 valence electrons. The molecule has 3 N–H and O–H groups in total. The molecule has 2 aliphatic rings. The van der Waals surface area contributed by atoms with Crippen LogP contribution in [-0.2, 0) is 14.3 Å². The summed E-state index contributed by atoms with van der Waals surface area (Å²) >= 11 is 0. The fourth-order valence-corrected chi connectivity index (χ4v) is 4.87. The number of aromatic nitrogens is 1. The first kappa shape index (κ1) is 25.9. The lowest BCUT2D eigenvalue weighted by molar-refractivity contribution is -0.148. The van der Waals surface area contributed by atoms with E-state index in [1.807, 2.05) is 0 Å². The Balaban J connectivity index is 1.64. The number of anilines is 2. The Morgan fingerprint density at radius 3 is 2.38 bits per heavy atom. The highest BCUT2D eigenvalue weighted by Crippen LogP contribution is 2.35. The van der Waals surface area contributed by atoms with Gasteiger partial charge in [-0.1, -0.05) is 6.92 Å². The highest BCUT2D eigenvalue weighted by atomic mass is 16.6. The van der Waals surface area contributed by atoms with Gasteiger partial charge in [0.1, 0.15) is 11.4 Å². The summed E-state index contributed by atoms with van der Waals surface area (Å²) in [5.74, 6) is -0.248. The summed E-state index contributed by atoms with van der Waals surface area (Å²) < 4.78 is 5.24. The zero-order valence-electron chi connectivity index (χ0n) is 20.9. The minimum absolute atomic E-state index is 0.0298. The minimum Gasteiger partial charge on any atom is -0.444 e. The van der Waals surface area contributed by atoms with Gasteiger partial charge in [-0.2, -0.15) is 0 Å². The van der Waals surface area contributed by atoms with Gasteiger partial charge in [0.05, 0.1) is 18.0 Å². The lowest BCUT2D eigenvalue weighted by Gasteiger charge is -2.44. The number of hydrogen-bond donors (Lipinski definition) is 3. The third-order valence-corrected chi connectivity index (χ3v) is 6.56. The number of nitrogens with one attached hydrogen (secondary N) is 2. The van der Waals surface area contributed by atoms with Crippen LogP contribution >= 0.6 is 0 Å². The van der Waals surface area contributed by atoms with Crippen LogP contribution in [0.5, 0.6) is 0 Å². The van der Waals surface area contributed by atoms with Gasteiger partial charge in [0, 0.05) is 12.6 Å². The van der Waals surface area contributed by atoms with Gasteiger partial charge < -0.3 is 20.1 Å². The number of piperidine rings is 1. The van der Waals surface area contributed by atoms with Crippen LogP contribution in [0.2, 0.25) is 0 Å². The molecule has 0 aromatic carbocycles. The molecule has 9 heteroatoms. The van der Waals surface area contributed by atoms with Gasteiger partial charge in [-0.3, -0.25) is 14.9 Å². The molecule has 0 bridgehead atoms. The maximum absolute atomic E-state index is 13.2. The first-order valence-corrected chi connectivity index (χ1v) is 12.2. The predicted octanol–water partition coefficient (Wildman–Crippen LogP) is 3.85. The minimum atomic E-state index is -0.691. The van der Waals surface area contributed by atoms with E-state index in [1.54, 1.807) is 38.7 Å². The smallest absolute Gasteiger partial charge is 0.413 e. The van der Waals surface area contributed by atoms with Gasteiger partial charge >= 0.3 is 17.9 Å². The van der Waals surface area contributed by atoms with E-state index < -0.39 is 23.5 Å². The van der Waals surface area contributed by atoms with Crippen molar-refractivity contribution in [3.8, 4) is 0 Å². The molecule has 2 atom stereocenters. The molecule has 0 unspecified atom stereocenters. The van der Waals surface area contributed by atoms with Gasteiger partial charge in [0.15, 0.2) is 0 Å². The second-order valence-corrected chi connectivity index (χ2v) is 10.7. The Morgan fingerprint density at radius 1 is 1.09 bits per heavy atom. The van der Waals surface area contributed by atoms with Crippen LogP contribution in [0.4, 0.5) is 16.3 Å². The molecule has 2 fully saturated rings. The van der Waals surface area contributed by atoms with Crippen molar-refractivity contribution >= 4 is 29.4 Å². The third-order valence-electron chi connectivity index (χ3n) is 6.56. The lowest BCUT2D eigenvalue weighted by Crippen LogP contribution is -2.53. The van der Waals surface area contributed by atoms with Gasteiger partial charge in [-0.15, -0.1) is 0 Å². The molecule has 1 saturated heterocycles. The normalized spacial score (nSPS) is 25.4. The molecule has 1 aliphatic heterocycles. The number of rotatable bonds is 3. The standard InChI is InChI=1S/C25H38N4O5/c1-15-6-11-20(17-7-9-19(30)10-8-17)29(14-15)23(32)22(31)27-18-12-16(2)21(26-13-18)28-24(33)34-25(3,4)5/h12-13,15,17,19-20,30H,6-11,14H2,1-5H3,(H,27,31)(H,26,28,33)/t15-,17?,19?,20-/m1/s1. The summed E-state index contributed by atoms with van der Waals surface area (Å²) in [5.41, 5.74) is 0.377. The molecule has 1 aliphatic carbocycles. The van der Waals surface area contributed by atoms with Crippen molar-refractivity contribution in [3.05, 3.63) is 17.8 Å². The van der Waals surface area contributed by atoms with Crippen LogP contribution in [0.15, 0.2) is 12.3 Å². The van der Waals surface area contributed by atoms with E-state index in [1.165, 1.54) is 6.20 Å². The molecule has 1 aromatic heterocycles. The van der Waals surface area contributed by atoms with Gasteiger partial charge in [0.25, 0.3) is 0 Å². The first-order chi connectivity index (χ1) is 15.9. The molecule has 3 rings (SSSR count). The second-order valence-electron chi connectivity index (χ2n) is 10.7. The van der Waals surface area contributed by atoms with Crippen LogP contribution in [0.1, 0.15) is 71.8 Å². The lowest BCUT2D eigenvalue weighted by atomic mass is 9.77. The first-order valence-electron chi connectivity index (χ1n) is 12.2. The molecule has 0 radical (unpaired) electrons. The maximum atomic E-state index is 13.2. The third kappa shape index (κ3) is 6.91. The molecule has 2 heterocycles. The summed E-state index contributed by atoms with van der Waals surface area (Å²) in [6.07, 6.45) is 5.70. The van der Waals surface area contributed by atoms with Crippen molar-refractivity contribution in [1.82, 2.24) is 9.88 Å². The van der Waals surface area contributed by atoms with Gasteiger partial charge in [-0.25, -0.2) is 9.78 Å². The van der Waals surface area contributed by atoms with Crippen LogP contribution in [0.25, 0.3) is 0 Å². The number of likely N-dealkylation sites (tertiary alicyclic amines) is 1. The number of carbonyl (C=O) groups is 3. The van der Waals surface area contributed by atoms with Crippen LogP contribution in [0.3, 0.4) is 0 Å². The van der Waals surface area contributed by atoms with E-state index in [9.17, 15) is 19.5 Å². The molecule has 34 heavy (non-hydrogen) atoms. The maximum Gasteiger partial charge on any atom is 0.413 e. The highest BCUT2D eigenvalue weighted by Gasteiger charge is 2.38. The Kier molecular flexibility index (Phi) is 8.17. The molecular weight excluding hydrogens is 436 g/mol. The summed E-state index contributed by atoms with van der Waals surface area (Å²) in [6.45, 7) is 9.72. The SMILES string of the molecule is Cc1cc(NC(=O)C(=O)N2C[C@H](C)CC[C@@H]2C2CCC(O)CC2)cnc1NC(=O)OC(C)(C)C. The number of carbonyl (C=O) groups excluding carboxylic acids is 3. The fourth-order valence-electron chi connectivity index (χ4n) is 4.87. The summed E-state index contributed by atoms with van der Waals surface area (Å²) in [4.78, 5) is 44.0. The Morgan fingerprint density at radius 2 is 1.76 bits per heavy atom. The van der Waals surface area contributed by atoms with Gasteiger partial charge in [-0.05, 0) is 89.7 Å². The van der Waals surface area contributed by atoms with E-state index in [0.717, 1.165) is 38.5 Å². The zero-order valence-corrected chi connectivity index (χ0v) is 20.9. The number of amides is 3. The van der Waals surface area contributed by atoms with Crippen molar-refractivity contribution in [2.75, 3.05) is 17.2 Å². The number of pyridine rings is 1. The molecule has 1 saturated carbocycles. The number of nitrogens with zero attached hydrogens (tertiary/aromatic N) is 2. The topological polar surface area (TPSA) is 121 Å². The molecule has 1 aromatic rings. The highest BCUT2D eigenvalue weighted by molar-refractivity contribution is 6.39. The predicted molar refractivity (Wildman–Crippen MR) is 129 cm³/mol. The number of ether oxygens (including phenoxy) is 1. The van der Waals surface area contributed by atoms with Crippen LogP contribution in [-0.4, -0.2) is 57.2 Å². The van der Waals surface area contributed by atoms with Crippen molar-refractivity contribution in [3.63, 3.8) is 0 Å². The van der Waals surface area contributed by atoms with Crippen molar-refractivity contribution in [2.24, 2.45) is 11.8 Å². The average molecular weight is 475 g/mol. The van der Waals surface area contributed by atoms with E-state index in [-0.39, 0.29) is 12.1 Å². The largest absolute Gasteiger partial charge is 0.444 e. The Labute approximate surface area is 201 Å². The fraction of sp³-hybridized carbons (Fsp3) is 0.680. The summed E-state index contributed by atoms with van der Waals surface area (Å²) in [6, 6.07) is 1.69. The van der Waals surface area contributed by atoms with E-state index in [0.29, 0.717) is 35.4 Å². The molecular formula is C25H38N4O5. The number of hydrogen-bond acceptors (Lipinski definition) is 6. The monoisotopic (exact) mass is 474 g/mol. The Bertz CT molecular complexity index is 905. The number of aliphatic hydroxyl groups is 1. The van der Waals surface area contributed by atoms with Crippen molar-refractivity contribution < 1.29 is 24.2 Å². The van der Waals surface area contributed by atoms with Crippen molar-refractivity contribution in [2.45, 2.75) is 90.9 Å². The van der Waals surface area contributed by atoms with Gasteiger partial charge in [0.2, 0.25) is 0 Å².